The Hall–Kier alpha value is -8.15. The number of fused-ring (bicyclic) bond motifs is 3. The monoisotopic (exact) mass is 1130 g/mol. The number of aliphatic hydroxyl groups is 1. The molecule has 0 spiro atoms. The summed E-state index contributed by atoms with van der Waals surface area (Å²) in [6, 6.07) is 14.7. The van der Waals surface area contributed by atoms with Gasteiger partial charge in [-0.3, -0.25) is 14.6 Å². The van der Waals surface area contributed by atoms with Crippen LogP contribution in [0.25, 0.3) is 44.4 Å². The van der Waals surface area contributed by atoms with Gasteiger partial charge in [-0.15, -0.1) is 5.10 Å². The van der Waals surface area contributed by atoms with Gasteiger partial charge in [0, 0.05) is 95.9 Å². The first-order valence-electron chi connectivity index (χ1n) is 27.3. The summed E-state index contributed by atoms with van der Waals surface area (Å²) in [5, 5.41) is 33.9. The average Bonchev–Trinajstić information content (AvgIpc) is 1.64. The molecule has 4 saturated heterocycles. The summed E-state index contributed by atoms with van der Waals surface area (Å²) in [4.78, 5) is 45.4. The number of carbonyl (C=O) groups excluding carboxylic acids is 2. The number of nitrogen functional groups attached to an aromatic ring is 1. The highest BCUT2D eigenvalue weighted by atomic mass is 19.4. The second-order valence-electron chi connectivity index (χ2n) is 21.6. The Morgan fingerprint density at radius 1 is 1.00 bits per heavy atom. The van der Waals surface area contributed by atoms with Crippen LogP contribution in [0.15, 0.2) is 85.3 Å². The van der Waals surface area contributed by atoms with Gasteiger partial charge in [-0.25, -0.2) is 13.5 Å². The van der Waals surface area contributed by atoms with Gasteiger partial charge in [0.2, 0.25) is 11.8 Å². The van der Waals surface area contributed by atoms with Gasteiger partial charge in [0.15, 0.2) is 5.75 Å². The van der Waals surface area contributed by atoms with E-state index in [1.165, 1.54) is 22.7 Å². The van der Waals surface area contributed by atoms with Gasteiger partial charge in [-0.2, -0.15) is 23.1 Å². The van der Waals surface area contributed by atoms with E-state index in [-0.39, 0.29) is 87.5 Å². The number of nitrogens with zero attached hydrogens (tertiary/aromatic N) is 8. The molecule has 7 aromatic rings. The van der Waals surface area contributed by atoms with Crippen molar-refractivity contribution in [2.75, 3.05) is 50.1 Å². The molecule has 2 bridgehead atoms. The number of nitrogens with two attached hydrogens (primary N) is 1. The van der Waals surface area contributed by atoms with Gasteiger partial charge in [0.1, 0.15) is 53.5 Å². The highest BCUT2D eigenvalue weighted by Crippen LogP contribution is 2.51. The quantitative estimate of drug-likeness (QED) is 0.0327. The Bertz CT molecular complexity index is 3540. The fourth-order valence-corrected chi connectivity index (χ4v) is 11.8. The predicted molar refractivity (Wildman–Crippen MR) is 295 cm³/mol. The second-order valence-corrected chi connectivity index (χ2v) is 21.6. The molecular formula is C59H61F5N12O6. The van der Waals surface area contributed by atoms with Crippen LogP contribution in [0.1, 0.15) is 85.9 Å². The number of ether oxygens (including phenoxy) is 3. The normalized spacial score (nSPS) is 19.0. The molecule has 18 nitrogen and oxygen atoms in total. The third-order valence-electron chi connectivity index (χ3n) is 16.0. The van der Waals surface area contributed by atoms with Crippen LogP contribution in [0.4, 0.5) is 33.5 Å². The van der Waals surface area contributed by atoms with E-state index in [9.17, 15) is 19.1 Å². The lowest BCUT2D eigenvalue weighted by molar-refractivity contribution is -0.142. The Morgan fingerprint density at radius 2 is 1.76 bits per heavy atom. The molecule has 3 aromatic heterocycles. The fraction of sp³-hybridized carbons (Fsp3) is 0.390. The van der Waals surface area contributed by atoms with Crippen LogP contribution in [0.5, 0.6) is 11.8 Å². The number of amides is 2. The van der Waals surface area contributed by atoms with Gasteiger partial charge in [-0.05, 0) is 72.6 Å². The van der Waals surface area contributed by atoms with E-state index in [4.69, 9.17) is 35.3 Å². The summed E-state index contributed by atoms with van der Waals surface area (Å²) >= 11 is 0. The lowest BCUT2D eigenvalue weighted by Gasteiger charge is -2.31. The summed E-state index contributed by atoms with van der Waals surface area (Å²) in [6.45, 7) is 6.60. The van der Waals surface area contributed by atoms with Crippen molar-refractivity contribution < 1.29 is 50.9 Å². The zero-order valence-electron chi connectivity index (χ0n) is 45.2. The summed E-state index contributed by atoms with van der Waals surface area (Å²) in [7, 11) is 0. The maximum Gasteiger partial charge on any atom is 0.417 e. The number of benzene rings is 4. The maximum atomic E-state index is 15.9. The predicted octanol–water partition coefficient (Wildman–Crippen LogP) is 8.53. The zero-order chi connectivity index (χ0) is 57.6. The highest BCUT2D eigenvalue weighted by Gasteiger charge is 2.44. The minimum atomic E-state index is -5.04. The van der Waals surface area contributed by atoms with Crippen LogP contribution >= 0.6 is 0 Å². The van der Waals surface area contributed by atoms with Crippen molar-refractivity contribution in [2.45, 2.75) is 102 Å². The summed E-state index contributed by atoms with van der Waals surface area (Å²) in [5.74, 6) is -2.53. The molecule has 6 N–H and O–H groups in total. The number of hydrogen-bond acceptors (Lipinski definition) is 15. The standard InChI is InChI=1S/C59H61F5N12O6/c1-31(2)53(57(79)74-18-4-5-49(74)56(78)69-48(29-77)36-12-10-34(11-13-36)40-14-17-67-26-45(40)61)76-28-47(72-73-76)35-8-6-33(7-9-35)30-81-54-51(50-32(3)44(60)23-46(66)42(50)24-65)43(59(62,63)64)22-41-52(54)70-58(82-39-15-19-80-20-16-39)71-55(41)75-27-37-21-38(75)25-68-37/h6-14,17,22-24,26,28,31,37-39,48-49,53,65,68,77H,4-5,15-16,18-21,25,27,29-30,66H2,1-3H3,(H,69,78)/t37-,38-,48-,49-,53-/m0/s1. The molecule has 23 heteroatoms. The van der Waals surface area contributed by atoms with Crippen molar-refractivity contribution in [3.8, 4) is 45.3 Å². The number of aromatic nitrogens is 6. The molecule has 5 atom stereocenters. The summed E-state index contributed by atoms with van der Waals surface area (Å²) in [6.07, 6.45) is 2.47. The van der Waals surface area contributed by atoms with Crippen LogP contribution in [-0.2, 0) is 27.1 Å². The number of halogens is 5. The lowest BCUT2D eigenvalue weighted by Crippen LogP contribution is -2.50. The van der Waals surface area contributed by atoms with Gasteiger partial charge in [0.25, 0.3) is 0 Å². The van der Waals surface area contributed by atoms with E-state index in [0.29, 0.717) is 92.0 Å². The summed E-state index contributed by atoms with van der Waals surface area (Å²) in [5.41, 5.74) is 6.77. The number of piperazine rings is 1. The molecule has 0 radical (unpaired) electrons. The number of likely N-dealkylation sites (tertiary alicyclic amines) is 1. The summed E-state index contributed by atoms with van der Waals surface area (Å²) < 4.78 is 97.8. The van der Waals surface area contributed by atoms with Crippen LogP contribution in [0, 0.1) is 29.9 Å². The molecule has 4 fully saturated rings. The van der Waals surface area contributed by atoms with Crippen LogP contribution in [0.3, 0.4) is 0 Å². The van der Waals surface area contributed by atoms with Crippen molar-refractivity contribution in [3.63, 3.8) is 0 Å². The van der Waals surface area contributed by atoms with Crippen molar-refractivity contribution >= 4 is 40.4 Å². The molecule has 2 amide bonds. The molecule has 0 unspecified atom stereocenters. The molecular weight excluding hydrogens is 1070 g/mol. The SMILES string of the molecule is Cc1c(F)cc(N)c(C=N)c1-c1c(C(F)(F)F)cc2c(N3C[C@@H]4C[C@H]3CN4)nc(OC3CCOCC3)nc2c1OCc1ccc(-c2cn([C@H](C(=O)N3CCC[C@H]3C(=O)N[C@@H](CO)c3ccc(-c4ccncc4F)cc3)C(C)C)nn2)cc1. The molecule has 82 heavy (non-hydrogen) atoms. The first kappa shape index (κ1) is 55.7. The Kier molecular flexibility index (Phi) is 15.6. The van der Waals surface area contributed by atoms with Gasteiger partial charge in [-0.1, -0.05) is 67.6 Å². The molecule has 4 aromatic carbocycles. The minimum absolute atomic E-state index is 0.00949. The van der Waals surface area contributed by atoms with Crippen LogP contribution in [-0.4, -0.2) is 122 Å². The van der Waals surface area contributed by atoms with Crippen LogP contribution in [0.2, 0.25) is 0 Å². The van der Waals surface area contributed by atoms with Crippen LogP contribution < -0.4 is 30.7 Å². The zero-order valence-corrected chi connectivity index (χ0v) is 45.2. The first-order valence-corrected chi connectivity index (χ1v) is 27.3. The Labute approximate surface area is 468 Å². The number of hydrogen-bond donors (Lipinski definition) is 5. The van der Waals surface area contributed by atoms with E-state index in [2.05, 4.69) is 25.9 Å². The van der Waals surface area contributed by atoms with Crippen molar-refractivity contribution in [1.82, 2.24) is 45.5 Å². The molecule has 4 aliphatic heterocycles. The van der Waals surface area contributed by atoms with Gasteiger partial charge in [0.05, 0.1) is 43.8 Å². The number of nitrogens with one attached hydrogen (secondary N) is 3. The first-order chi connectivity index (χ1) is 39.5. The topological polar surface area (TPSA) is 232 Å². The molecule has 428 valence electrons. The Morgan fingerprint density at radius 3 is 2.43 bits per heavy atom. The largest absolute Gasteiger partial charge is 0.486 e. The third kappa shape index (κ3) is 10.9. The van der Waals surface area contributed by atoms with E-state index >= 15 is 17.6 Å². The highest BCUT2D eigenvalue weighted by molar-refractivity contribution is 6.05. The molecule has 0 aliphatic carbocycles. The van der Waals surface area contributed by atoms with E-state index in [1.54, 1.807) is 60.8 Å². The average molecular weight is 1130 g/mol. The molecule has 11 rings (SSSR count). The molecule has 0 saturated carbocycles. The lowest BCUT2D eigenvalue weighted by atomic mass is 9.88. The van der Waals surface area contributed by atoms with E-state index < -0.39 is 59.6 Å². The van der Waals surface area contributed by atoms with Crippen molar-refractivity contribution in [1.29, 1.82) is 5.41 Å². The van der Waals surface area contributed by atoms with E-state index in [1.807, 2.05) is 18.7 Å². The Balaban J connectivity index is 0.877. The second kappa shape index (κ2) is 23.0. The maximum absolute atomic E-state index is 15.9. The number of rotatable bonds is 17. The number of aliphatic hydroxyl groups excluding tert-OH is 1. The van der Waals surface area contributed by atoms with Crippen molar-refractivity contribution in [3.05, 3.63) is 125 Å². The van der Waals surface area contributed by atoms with E-state index in [0.717, 1.165) is 31.0 Å². The molecule has 4 aliphatic rings. The van der Waals surface area contributed by atoms with Crippen molar-refractivity contribution in [2.24, 2.45) is 5.92 Å². The number of anilines is 2. The number of pyridine rings is 1. The number of carbonyl (C=O) groups is 2. The van der Waals surface area contributed by atoms with Gasteiger partial charge >= 0.3 is 12.2 Å². The third-order valence-corrected chi connectivity index (χ3v) is 16.0. The van der Waals surface area contributed by atoms with Gasteiger partial charge < -0.3 is 50.9 Å². The smallest absolute Gasteiger partial charge is 0.417 e. The fourth-order valence-electron chi connectivity index (χ4n) is 11.8. The minimum Gasteiger partial charge on any atom is -0.486 e. The molecule has 7 heterocycles. The number of alkyl halides is 3.